The van der Waals surface area contributed by atoms with Gasteiger partial charge in [-0.15, -0.1) is 0 Å². The standard InChI is InChI=1S/C14H21NO3/c1-4-8-15(11-14(16)18-3)10-12-6-5-7-13(9-12)17-2/h5-7,9H,4,8,10-11H2,1-3H3. The highest BCUT2D eigenvalue weighted by atomic mass is 16.5. The molecule has 1 aromatic rings. The van der Waals surface area contributed by atoms with Crippen molar-refractivity contribution in [1.82, 2.24) is 4.90 Å². The first-order chi connectivity index (χ1) is 8.69. The molecule has 4 heteroatoms. The summed E-state index contributed by atoms with van der Waals surface area (Å²) in [7, 11) is 3.06. The lowest BCUT2D eigenvalue weighted by Gasteiger charge is -2.20. The molecule has 0 heterocycles. The van der Waals surface area contributed by atoms with E-state index >= 15 is 0 Å². The van der Waals surface area contributed by atoms with Crippen LogP contribution in [0.25, 0.3) is 0 Å². The summed E-state index contributed by atoms with van der Waals surface area (Å²) in [6.07, 6.45) is 1.00. The van der Waals surface area contributed by atoms with Gasteiger partial charge in [0.1, 0.15) is 5.75 Å². The molecule has 0 spiro atoms. The Balaban J connectivity index is 2.66. The second-order valence-corrected chi connectivity index (χ2v) is 4.14. The van der Waals surface area contributed by atoms with Crippen LogP contribution in [0.5, 0.6) is 5.75 Å². The Hall–Kier alpha value is -1.55. The van der Waals surface area contributed by atoms with Crippen LogP contribution in [-0.4, -0.2) is 38.2 Å². The summed E-state index contributed by atoms with van der Waals surface area (Å²) >= 11 is 0. The zero-order valence-corrected chi connectivity index (χ0v) is 11.3. The maximum atomic E-state index is 11.3. The highest BCUT2D eigenvalue weighted by Gasteiger charge is 2.10. The number of esters is 1. The minimum atomic E-state index is -0.202. The van der Waals surface area contributed by atoms with E-state index in [4.69, 9.17) is 9.47 Å². The van der Waals surface area contributed by atoms with E-state index in [1.54, 1.807) is 7.11 Å². The molecule has 0 aliphatic carbocycles. The van der Waals surface area contributed by atoms with E-state index in [1.165, 1.54) is 7.11 Å². The zero-order chi connectivity index (χ0) is 13.4. The SMILES string of the molecule is CCCN(CC(=O)OC)Cc1cccc(OC)c1. The van der Waals surface area contributed by atoms with Gasteiger partial charge in [-0.05, 0) is 30.7 Å². The van der Waals surface area contributed by atoms with Crippen LogP contribution in [0.4, 0.5) is 0 Å². The maximum absolute atomic E-state index is 11.3. The lowest BCUT2D eigenvalue weighted by molar-refractivity contribution is -0.142. The number of carbonyl (C=O) groups excluding carboxylic acids is 1. The van der Waals surface area contributed by atoms with Crippen LogP contribution in [0.3, 0.4) is 0 Å². The molecule has 1 rings (SSSR count). The Kier molecular flexibility index (Phi) is 6.22. The van der Waals surface area contributed by atoms with E-state index < -0.39 is 0 Å². The molecule has 0 radical (unpaired) electrons. The molecule has 0 saturated carbocycles. The third kappa shape index (κ3) is 4.75. The van der Waals surface area contributed by atoms with Crippen molar-refractivity contribution in [2.75, 3.05) is 27.3 Å². The molecule has 18 heavy (non-hydrogen) atoms. The predicted octanol–water partition coefficient (Wildman–Crippen LogP) is 2.08. The molecule has 100 valence electrons. The monoisotopic (exact) mass is 251 g/mol. The topological polar surface area (TPSA) is 38.8 Å². The Labute approximate surface area is 108 Å². The van der Waals surface area contributed by atoms with Gasteiger partial charge in [0, 0.05) is 6.54 Å². The van der Waals surface area contributed by atoms with Gasteiger partial charge in [-0.2, -0.15) is 0 Å². The fourth-order valence-corrected chi connectivity index (χ4v) is 1.81. The second kappa shape index (κ2) is 7.71. The first-order valence-corrected chi connectivity index (χ1v) is 6.11. The smallest absolute Gasteiger partial charge is 0.319 e. The van der Waals surface area contributed by atoms with E-state index in [1.807, 2.05) is 24.3 Å². The van der Waals surface area contributed by atoms with Crippen LogP contribution < -0.4 is 4.74 Å². The van der Waals surface area contributed by atoms with Gasteiger partial charge in [-0.25, -0.2) is 0 Å². The molecule has 4 nitrogen and oxygen atoms in total. The normalized spacial score (nSPS) is 10.4. The van der Waals surface area contributed by atoms with Crippen LogP contribution in [0.15, 0.2) is 24.3 Å². The van der Waals surface area contributed by atoms with Crippen molar-refractivity contribution in [2.45, 2.75) is 19.9 Å². The maximum Gasteiger partial charge on any atom is 0.319 e. The van der Waals surface area contributed by atoms with Crippen molar-refractivity contribution in [3.63, 3.8) is 0 Å². The van der Waals surface area contributed by atoms with Crippen molar-refractivity contribution < 1.29 is 14.3 Å². The van der Waals surface area contributed by atoms with Gasteiger partial charge < -0.3 is 9.47 Å². The first kappa shape index (κ1) is 14.5. The minimum Gasteiger partial charge on any atom is -0.497 e. The molecule has 0 N–H and O–H groups in total. The van der Waals surface area contributed by atoms with Gasteiger partial charge in [-0.3, -0.25) is 9.69 Å². The van der Waals surface area contributed by atoms with Gasteiger partial charge in [0.15, 0.2) is 0 Å². The van der Waals surface area contributed by atoms with Crippen molar-refractivity contribution in [3.8, 4) is 5.75 Å². The summed E-state index contributed by atoms with van der Waals surface area (Å²) in [5, 5.41) is 0. The van der Waals surface area contributed by atoms with Crippen molar-refractivity contribution >= 4 is 5.97 Å². The molecule has 0 aromatic heterocycles. The summed E-state index contributed by atoms with van der Waals surface area (Å²) < 4.78 is 9.89. The van der Waals surface area contributed by atoms with Crippen LogP contribution in [0.1, 0.15) is 18.9 Å². The van der Waals surface area contributed by atoms with Crippen LogP contribution in [-0.2, 0) is 16.1 Å². The number of nitrogens with zero attached hydrogens (tertiary/aromatic N) is 1. The van der Waals surface area contributed by atoms with E-state index in [9.17, 15) is 4.79 Å². The summed E-state index contributed by atoms with van der Waals surface area (Å²) in [5.41, 5.74) is 1.13. The third-order valence-electron chi connectivity index (χ3n) is 2.66. The van der Waals surface area contributed by atoms with Crippen LogP contribution in [0, 0.1) is 0 Å². The molecule has 0 bridgehead atoms. The second-order valence-electron chi connectivity index (χ2n) is 4.14. The number of hydrogen-bond donors (Lipinski definition) is 0. The highest BCUT2D eigenvalue weighted by Crippen LogP contribution is 2.14. The number of carbonyl (C=O) groups is 1. The molecular formula is C14H21NO3. The van der Waals surface area contributed by atoms with E-state index in [-0.39, 0.29) is 5.97 Å². The van der Waals surface area contributed by atoms with Gasteiger partial charge in [-0.1, -0.05) is 19.1 Å². The molecule has 0 aliphatic rings. The van der Waals surface area contributed by atoms with Crippen LogP contribution in [0.2, 0.25) is 0 Å². The molecule has 0 aliphatic heterocycles. The first-order valence-electron chi connectivity index (χ1n) is 6.11. The largest absolute Gasteiger partial charge is 0.497 e. The molecule has 1 aromatic carbocycles. The number of rotatable bonds is 7. The molecule has 0 unspecified atom stereocenters. The lowest BCUT2D eigenvalue weighted by atomic mass is 10.2. The van der Waals surface area contributed by atoms with E-state index in [2.05, 4.69) is 11.8 Å². The van der Waals surface area contributed by atoms with Gasteiger partial charge >= 0.3 is 5.97 Å². The van der Waals surface area contributed by atoms with Gasteiger partial charge in [0.05, 0.1) is 20.8 Å². The fourth-order valence-electron chi connectivity index (χ4n) is 1.81. The van der Waals surface area contributed by atoms with Crippen molar-refractivity contribution in [1.29, 1.82) is 0 Å². The van der Waals surface area contributed by atoms with Gasteiger partial charge in [0.2, 0.25) is 0 Å². The quantitative estimate of drug-likeness (QED) is 0.695. The summed E-state index contributed by atoms with van der Waals surface area (Å²) in [5.74, 6) is 0.633. The average molecular weight is 251 g/mol. The lowest BCUT2D eigenvalue weighted by Crippen LogP contribution is -2.30. The molecule has 0 atom stereocenters. The van der Waals surface area contributed by atoms with Crippen LogP contribution >= 0.6 is 0 Å². The number of benzene rings is 1. The number of methoxy groups -OCH3 is 2. The summed E-state index contributed by atoms with van der Waals surface area (Å²) in [6, 6.07) is 7.88. The number of hydrogen-bond acceptors (Lipinski definition) is 4. The molecule has 0 saturated heterocycles. The highest BCUT2D eigenvalue weighted by molar-refractivity contribution is 5.71. The fraction of sp³-hybridized carbons (Fsp3) is 0.500. The minimum absolute atomic E-state index is 0.202. The summed E-state index contributed by atoms with van der Waals surface area (Å²) in [6.45, 7) is 4.00. The average Bonchev–Trinajstić information content (AvgIpc) is 2.39. The Morgan fingerprint density at radius 3 is 2.72 bits per heavy atom. The Morgan fingerprint density at radius 1 is 1.33 bits per heavy atom. The predicted molar refractivity (Wildman–Crippen MR) is 70.6 cm³/mol. The summed E-state index contributed by atoms with van der Waals surface area (Å²) in [4.78, 5) is 13.4. The Morgan fingerprint density at radius 2 is 2.11 bits per heavy atom. The third-order valence-corrected chi connectivity index (χ3v) is 2.66. The number of ether oxygens (including phenoxy) is 2. The van der Waals surface area contributed by atoms with Crippen molar-refractivity contribution in [3.05, 3.63) is 29.8 Å². The molecule has 0 amide bonds. The van der Waals surface area contributed by atoms with E-state index in [0.29, 0.717) is 6.54 Å². The van der Waals surface area contributed by atoms with E-state index in [0.717, 1.165) is 30.8 Å². The Bertz CT molecular complexity index is 379. The molecular weight excluding hydrogens is 230 g/mol. The van der Waals surface area contributed by atoms with Crippen molar-refractivity contribution in [2.24, 2.45) is 0 Å². The zero-order valence-electron chi connectivity index (χ0n) is 11.3. The van der Waals surface area contributed by atoms with Gasteiger partial charge in [0.25, 0.3) is 0 Å². The molecule has 0 fully saturated rings.